The number of fused-ring (bicyclic) bond motifs is 3. The van der Waals surface area contributed by atoms with Crippen molar-refractivity contribution < 1.29 is 41.2 Å². The van der Waals surface area contributed by atoms with Gasteiger partial charge in [0.05, 0.1) is 16.8 Å². The first-order chi connectivity index (χ1) is 27.3. The molecule has 1 saturated heterocycles. The lowest BCUT2D eigenvalue weighted by atomic mass is 9.84. The van der Waals surface area contributed by atoms with Gasteiger partial charge in [-0.3, -0.25) is 19.2 Å². The lowest BCUT2D eigenvalue weighted by molar-refractivity contribution is -0.141. The Morgan fingerprint density at radius 2 is 1.95 bits per heavy atom. The van der Waals surface area contributed by atoms with Crippen molar-refractivity contribution in [3.8, 4) is 17.7 Å². The Balaban J connectivity index is 1.24. The van der Waals surface area contributed by atoms with Gasteiger partial charge < -0.3 is 24.8 Å². The minimum atomic E-state index is -4.12. The molecule has 57 heavy (non-hydrogen) atoms. The van der Waals surface area contributed by atoms with Gasteiger partial charge in [0.15, 0.2) is 17.1 Å². The topological polar surface area (TPSA) is 203 Å². The van der Waals surface area contributed by atoms with Gasteiger partial charge in [0.2, 0.25) is 27.7 Å². The summed E-state index contributed by atoms with van der Waals surface area (Å²) in [6.45, 7) is 5.09. The van der Waals surface area contributed by atoms with Gasteiger partial charge in [0, 0.05) is 31.2 Å². The Bertz CT molecular complexity index is 2300. The number of rotatable bonds is 9. The molecule has 0 bridgehead atoms. The fourth-order valence-corrected chi connectivity index (χ4v) is 8.75. The summed E-state index contributed by atoms with van der Waals surface area (Å²) in [7, 11) is -4.12. The van der Waals surface area contributed by atoms with Crippen LogP contribution < -0.4 is 20.1 Å². The van der Waals surface area contributed by atoms with Gasteiger partial charge in [-0.15, -0.1) is 0 Å². The summed E-state index contributed by atoms with van der Waals surface area (Å²) < 4.78 is 54.2. The second-order valence-corrected chi connectivity index (χ2v) is 17.5. The molecule has 302 valence electrons. The van der Waals surface area contributed by atoms with Crippen molar-refractivity contribution >= 4 is 44.7 Å². The van der Waals surface area contributed by atoms with Crippen LogP contribution in [-0.2, 0) is 37.2 Å². The van der Waals surface area contributed by atoms with Crippen molar-refractivity contribution in [2.24, 2.45) is 5.92 Å². The first-order valence-corrected chi connectivity index (χ1v) is 21.0. The SMILES string of the molecule is CCc1cc(C(=O)N[C@H]2CCCCC/C=C\C3CC#C[C@@]3(C(=O)NS(=O)(=O)C3(C)CC3)NC(=O)[C@@H]3C[C@@H](Oc4nc5c(F)cccc5nc4CC)CN3C2=O)no1. The molecule has 5 atom stereocenters. The van der Waals surface area contributed by atoms with E-state index in [0.717, 1.165) is 6.42 Å². The highest BCUT2D eigenvalue weighted by Crippen LogP contribution is 2.42. The van der Waals surface area contributed by atoms with E-state index in [1.165, 1.54) is 23.1 Å². The molecule has 0 spiro atoms. The molecule has 2 aliphatic heterocycles. The van der Waals surface area contributed by atoms with E-state index in [9.17, 15) is 32.0 Å². The van der Waals surface area contributed by atoms with Crippen LogP contribution in [0.3, 0.4) is 0 Å². The van der Waals surface area contributed by atoms with Crippen molar-refractivity contribution in [3.05, 3.63) is 59.4 Å². The zero-order chi connectivity index (χ0) is 40.5. The molecule has 1 saturated carbocycles. The van der Waals surface area contributed by atoms with Crippen molar-refractivity contribution in [2.75, 3.05) is 6.54 Å². The monoisotopic (exact) mass is 803 g/mol. The molecular formula is C40H46FN7O8S. The summed E-state index contributed by atoms with van der Waals surface area (Å²) in [6.07, 6.45) is 7.36. The summed E-state index contributed by atoms with van der Waals surface area (Å²) in [6, 6.07) is 3.57. The van der Waals surface area contributed by atoms with Crippen molar-refractivity contribution in [1.29, 1.82) is 0 Å². The van der Waals surface area contributed by atoms with E-state index < -0.39 is 73.9 Å². The fourth-order valence-electron chi connectivity index (χ4n) is 7.46. The number of hydrogen-bond acceptors (Lipinski definition) is 11. The van der Waals surface area contributed by atoms with Crippen LogP contribution in [-0.4, -0.2) is 87.1 Å². The van der Waals surface area contributed by atoms with E-state index in [1.54, 1.807) is 19.1 Å². The molecule has 0 radical (unpaired) electrons. The molecule has 2 aromatic heterocycles. The maximum atomic E-state index is 14.9. The number of aromatic nitrogens is 3. The molecule has 17 heteroatoms. The smallest absolute Gasteiger partial charge is 0.274 e. The van der Waals surface area contributed by atoms with E-state index in [-0.39, 0.29) is 42.9 Å². The second-order valence-electron chi connectivity index (χ2n) is 15.3. The number of ether oxygens (including phenoxy) is 1. The standard InChI is InChI=1S/C40H46FN7O8S/c1-4-25-21-31(46-56-25)34(49)43-30-16-10-8-6-7-9-13-24-14-12-18-40(24,38(52)47-57(53,54)39(3)19-20-39)45-35(50)32-22-26(23-48(32)37(30)51)55-36-28(5-2)42-29-17-11-15-27(41)33(29)44-36/h9,11,13,15,17,21,24,26,30,32H,4-8,10,14,16,19-20,22-23H2,1-3H3,(H,43,49)(H,45,50)(H,47,52)/b13-9-/t24?,26-,30+,32+,40-/m1/s1. The van der Waals surface area contributed by atoms with Gasteiger partial charge in [-0.25, -0.2) is 27.5 Å². The molecule has 2 fully saturated rings. The average molecular weight is 804 g/mol. The third-order valence-corrected chi connectivity index (χ3v) is 13.5. The number of amides is 4. The van der Waals surface area contributed by atoms with Crippen LogP contribution in [0.4, 0.5) is 4.39 Å². The van der Waals surface area contributed by atoms with Gasteiger partial charge in [-0.2, -0.15) is 0 Å². The third-order valence-electron chi connectivity index (χ3n) is 11.3. The zero-order valence-corrected chi connectivity index (χ0v) is 32.9. The van der Waals surface area contributed by atoms with Gasteiger partial charge in [0.1, 0.15) is 35.2 Å². The van der Waals surface area contributed by atoms with Crippen LogP contribution in [0, 0.1) is 23.6 Å². The number of aryl methyl sites for hydroxylation is 2. The van der Waals surface area contributed by atoms with Gasteiger partial charge >= 0.3 is 0 Å². The molecule has 3 aromatic rings. The van der Waals surface area contributed by atoms with Crippen LogP contribution in [0.5, 0.6) is 5.88 Å². The lowest BCUT2D eigenvalue weighted by Crippen LogP contribution is -2.65. The van der Waals surface area contributed by atoms with Gasteiger partial charge in [-0.1, -0.05) is 61.9 Å². The number of nitrogens with zero attached hydrogens (tertiary/aromatic N) is 4. The van der Waals surface area contributed by atoms with Crippen molar-refractivity contribution in [1.82, 2.24) is 35.4 Å². The third kappa shape index (κ3) is 7.96. The van der Waals surface area contributed by atoms with Crippen LogP contribution in [0.15, 0.2) is 40.9 Å². The highest BCUT2D eigenvalue weighted by atomic mass is 32.2. The molecular weight excluding hydrogens is 758 g/mol. The van der Waals surface area contributed by atoms with Gasteiger partial charge in [0.25, 0.3) is 11.8 Å². The van der Waals surface area contributed by atoms with Gasteiger partial charge in [-0.05, 0) is 57.6 Å². The number of halogens is 1. The number of sulfonamides is 1. The number of benzene rings is 1. The van der Waals surface area contributed by atoms with E-state index in [0.29, 0.717) is 61.9 Å². The molecule has 1 aromatic carbocycles. The predicted molar refractivity (Wildman–Crippen MR) is 204 cm³/mol. The summed E-state index contributed by atoms with van der Waals surface area (Å²) in [5, 5.41) is 9.46. The summed E-state index contributed by atoms with van der Waals surface area (Å²) in [5.41, 5.74) is -1.20. The summed E-state index contributed by atoms with van der Waals surface area (Å²) >= 11 is 0. The Kier molecular flexibility index (Phi) is 11.1. The molecule has 4 heterocycles. The largest absolute Gasteiger partial charge is 0.471 e. The van der Waals surface area contributed by atoms with E-state index in [4.69, 9.17) is 9.26 Å². The Labute approximate surface area is 330 Å². The number of allylic oxidation sites excluding steroid dienone is 1. The van der Waals surface area contributed by atoms with E-state index >= 15 is 0 Å². The highest BCUT2D eigenvalue weighted by molar-refractivity contribution is 7.91. The quantitative estimate of drug-likeness (QED) is 0.211. The fraction of sp³-hybridized carbons (Fsp3) is 0.525. The Morgan fingerprint density at radius 3 is 2.68 bits per heavy atom. The molecule has 15 nitrogen and oxygen atoms in total. The van der Waals surface area contributed by atoms with E-state index in [1.807, 2.05) is 19.9 Å². The molecule has 3 N–H and O–H groups in total. The first-order valence-electron chi connectivity index (χ1n) is 19.5. The van der Waals surface area contributed by atoms with Crippen LogP contribution in [0.2, 0.25) is 0 Å². The molecule has 2 aliphatic carbocycles. The minimum absolute atomic E-state index is 0.000576. The van der Waals surface area contributed by atoms with Crippen molar-refractivity contribution in [2.45, 2.75) is 120 Å². The highest BCUT2D eigenvalue weighted by Gasteiger charge is 2.56. The zero-order valence-electron chi connectivity index (χ0n) is 32.1. The number of hydrogen-bond donors (Lipinski definition) is 3. The number of carbonyl (C=O) groups is 4. The Hall–Kier alpha value is -5.37. The molecule has 1 unspecified atom stereocenters. The molecule has 7 rings (SSSR count). The van der Waals surface area contributed by atoms with E-state index in [2.05, 4.69) is 42.3 Å². The van der Waals surface area contributed by atoms with Crippen molar-refractivity contribution in [3.63, 3.8) is 0 Å². The Morgan fingerprint density at radius 1 is 1.14 bits per heavy atom. The van der Waals surface area contributed by atoms with Crippen LogP contribution in [0.25, 0.3) is 11.0 Å². The maximum Gasteiger partial charge on any atom is 0.274 e. The summed E-state index contributed by atoms with van der Waals surface area (Å²) in [4.78, 5) is 67.3. The number of nitrogens with one attached hydrogen (secondary N) is 3. The van der Waals surface area contributed by atoms with Crippen LogP contribution in [0.1, 0.15) is 101 Å². The number of para-hydroxylation sites is 1. The molecule has 4 amide bonds. The number of carbonyl (C=O) groups excluding carboxylic acids is 4. The lowest BCUT2D eigenvalue weighted by Gasteiger charge is -2.34. The molecule has 4 aliphatic rings. The first kappa shape index (κ1) is 39.8. The predicted octanol–water partition coefficient (Wildman–Crippen LogP) is 3.43. The average Bonchev–Trinajstić information content (AvgIpc) is 3.50. The minimum Gasteiger partial charge on any atom is -0.471 e. The summed E-state index contributed by atoms with van der Waals surface area (Å²) in [5.74, 6) is 2.01. The second kappa shape index (κ2) is 15.9. The van der Waals surface area contributed by atoms with Crippen LogP contribution >= 0.6 is 0 Å². The normalized spacial score (nSPS) is 26.5. The maximum absolute atomic E-state index is 14.9.